The standard InChI is InChI=1S/C16H15F2NO3/c1-22-15-7-6-12(18)8-13(15)16(21)19-9-14(20)10-2-4-11(17)5-3-10/h2-8,14,20H,9H2,1H3,(H,19,21). The van der Waals surface area contributed by atoms with Crippen LogP contribution >= 0.6 is 0 Å². The zero-order chi connectivity index (χ0) is 16.1. The van der Waals surface area contributed by atoms with E-state index in [1.165, 1.54) is 43.5 Å². The predicted octanol–water partition coefficient (Wildman–Crippen LogP) is 2.44. The van der Waals surface area contributed by atoms with Crippen LogP contribution in [-0.4, -0.2) is 24.7 Å². The summed E-state index contributed by atoms with van der Waals surface area (Å²) in [7, 11) is 1.37. The van der Waals surface area contributed by atoms with Gasteiger partial charge < -0.3 is 15.2 Å². The molecule has 0 bridgehead atoms. The molecule has 4 nitrogen and oxygen atoms in total. The van der Waals surface area contributed by atoms with Crippen molar-refractivity contribution in [3.8, 4) is 5.75 Å². The Kier molecular flexibility index (Phi) is 5.06. The van der Waals surface area contributed by atoms with Crippen molar-refractivity contribution in [1.29, 1.82) is 0 Å². The first-order valence-electron chi connectivity index (χ1n) is 6.56. The van der Waals surface area contributed by atoms with Crippen LogP contribution in [0, 0.1) is 11.6 Å². The van der Waals surface area contributed by atoms with Gasteiger partial charge in [0.1, 0.15) is 17.4 Å². The molecule has 1 unspecified atom stereocenters. The van der Waals surface area contributed by atoms with Crippen molar-refractivity contribution in [3.05, 3.63) is 65.2 Å². The van der Waals surface area contributed by atoms with Crippen LogP contribution in [0.1, 0.15) is 22.0 Å². The molecule has 0 saturated heterocycles. The molecule has 0 radical (unpaired) electrons. The third-order valence-electron chi connectivity index (χ3n) is 3.12. The average molecular weight is 307 g/mol. The second-order valence-corrected chi connectivity index (χ2v) is 4.62. The molecule has 0 aliphatic rings. The Morgan fingerprint density at radius 2 is 1.82 bits per heavy atom. The first-order chi connectivity index (χ1) is 10.5. The highest BCUT2D eigenvalue weighted by molar-refractivity contribution is 5.96. The minimum Gasteiger partial charge on any atom is -0.496 e. The summed E-state index contributed by atoms with van der Waals surface area (Å²) in [6.07, 6.45) is -0.996. The number of ether oxygens (including phenoxy) is 1. The molecule has 2 aromatic rings. The Bertz CT molecular complexity index is 659. The number of aliphatic hydroxyl groups is 1. The number of nitrogens with one attached hydrogen (secondary N) is 1. The monoisotopic (exact) mass is 307 g/mol. The van der Waals surface area contributed by atoms with Gasteiger partial charge in [0, 0.05) is 6.54 Å². The summed E-state index contributed by atoms with van der Waals surface area (Å²) in [6, 6.07) is 8.87. The molecular weight excluding hydrogens is 292 g/mol. The maximum absolute atomic E-state index is 13.2. The van der Waals surface area contributed by atoms with Crippen molar-refractivity contribution in [2.24, 2.45) is 0 Å². The smallest absolute Gasteiger partial charge is 0.255 e. The molecule has 0 aliphatic carbocycles. The molecule has 2 N–H and O–H groups in total. The number of halogens is 2. The van der Waals surface area contributed by atoms with Gasteiger partial charge in [-0.05, 0) is 35.9 Å². The lowest BCUT2D eigenvalue weighted by atomic mass is 10.1. The third-order valence-corrected chi connectivity index (χ3v) is 3.12. The van der Waals surface area contributed by atoms with Crippen LogP contribution in [0.15, 0.2) is 42.5 Å². The number of hydrogen-bond donors (Lipinski definition) is 2. The van der Waals surface area contributed by atoms with Crippen LogP contribution in [0.5, 0.6) is 5.75 Å². The van der Waals surface area contributed by atoms with Gasteiger partial charge in [0.2, 0.25) is 0 Å². The van der Waals surface area contributed by atoms with Gasteiger partial charge in [0.25, 0.3) is 5.91 Å². The Labute approximate surface area is 126 Å². The molecule has 1 amide bonds. The lowest BCUT2D eigenvalue weighted by Gasteiger charge is -2.13. The first kappa shape index (κ1) is 15.9. The summed E-state index contributed by atoms with van der Waals surface area (Å²) >= 11 is 0. The van der Waals surface area contributed by atoms with Crippen LogP contribution in [0.3, 0.4) is 0 Å². The van der Waals surface area contributed by atoms with Gasteiger partial charge in [-0.1, -0.05) is 12.1 Å². The average Bonchev–Trinajstić information content (AvgIpc) is 2.53. The summed E-state index contributed by atoms with van der Waals surface area (Å²) in [4.78, 5) is 12.0. The third kappa shape index (κ3) is 3.79. The van der Waals surface area contributed by atoms with Crippen molar-refractivity contribution in [3.63, 3.8) is 0 Å². The van der Waals surface area contributed by atoms with Gasteiger partial charge in [0.05, 0.1) is 18.8 Å². The number of rotatable bonds is 5. The second-order valence-electron chi connectivity index (χ2n) is 4.62. The van der Waals surface area contributed by atoms with Gasteiger partial charge in [-0.15, -0.1) is 0 Å². The van der Waals surface area contributed by atoms with Crippen LogP contribution in [0.25, 0.3) is 0 Å². The van der Waals surface area contributed by atoms with E-state index in [1.54, 1.807) is 0 Å². The fraction of sp³-hybridized carbons (Fsp3) is 0.188. The van der Waals surface area contributed by atoms with Gasteiger partial charge >= 0.3 is 0 Å². The van der Waals surface area contributed by atoms with E-state index in [9.17, 15) is 18.7 Å². The van der Waals surface area contributed by atoms with Crippen LogP contribution in [0.4, 0.5) is 8.78 Å². The van der Waals surface area contributed by atoms with Gasteiger partial charge in [-0.2, -0.15) is 0 Å². The molecule has 2 rings (SSSR count). The van der Waals surface area contributed by atoms with Crippen molar-refractivity contribution in [2.45, 2.75) is 6.10 Å². The maximum atomic E-state index is 13.2. The molecule has 0 spiro atoms. The first-order valence-corrected chi connectivity index (χ1v) is 6.56. The van der Waals surface area contributed by atoms with E-state index in [4.69, 9.17) is 4.74 Å². The van der Waals surface area contributed by atoms with E-state index in [-0.39, 0.29) is 17.9 Å². The van der Waals surface area contributed by atoms with Crippen LogP contribution in [0.2, 0.25) is 0 Å². The Morgan fingerprint density at radius 1 is 1.18 bits per heavy atom. The molecule has 0 heterocycles. The fourth-order valence-corrected chi connectivity index (χ4v) is 1.95. The molecule has 6 heteroatoms. The van der Waals surface area contributed by atoms with Crippen LogP contribution < -0.4 is 10.1 Å². The van der Waals surface area contributed by atoms with Crippen molar-refractivity contribution < 1.29 is 23.4 Å². The molecule has 22 heavy (non-hydrogen) atoms. The normalized spacial score (nSPS) is 11.8. The van der Waals surface area contributed by atoms with E-state index < -0.39 is 23.6 Å². The molecule has 0 aromatic heterocycles. The molecule has 116 valence electrons. The zero-order valence-electron chi connectivity index (χ0n) is 11.8. The number of benzene rings is 2. The van der Waals surface area contributed by atoms with E-state index in [2.05, 4.69) is 5.32 Å². The SMILES string of the molecule is COc1ccc(F)cc1C(=O)NCC(O)c1ccc(F)cc1. The molecule has 0 fully saturated rings. The Balaban J connectivity index is 2.03. The van der Waals surface area contributed by atoms with E-state index in [0.717, 1.165) is 6.07 Å². The second kappa shape index (κ2) is 7.00. The topological polar surface area (TPSA) is 58.6 Å². The minimum atomic E-state index is -0.996. The molecule has 0 saturated carbocycles. The number of carbonyl (C=O) groups excluding carboxylic acids is 1. The van der Waals surface area contributed by atoms with Crippen LogP contribution in [-0.2, 0) is 0 Å². The summed E-state index contributed by atoms with van der Waals surface area (Å²) in [5, 5.41) is 12.4. The molecular formula is C16H15F2NO3. The number of hydrogen-bond acceptors (Lipinski definition) is 3. The van der Waals surface area contributed by atoms with E-state index in [1.807, 2.05) is 0 Å². The lowest BCUT2D eigenvalue weighted by molar-refractivity contribution is 0.0912. The largest absolute Gasteiger partial charge is 0.496 e. The highest BCUT2D eigenvalue weighted by Crippen LogP contribution is 2.19. The van der Waals surface area contributed by atoms with Gasteiger partial charge in [0.15, 0.2) is 0 Å². The maximum Gasteiger partial charge on any atom is 0.255 e. The Morgan fingerprint density at radius 3 is 2.45 bits per heavy atom. The van der Waals surface area contributed by atoms with Gasteiger partial charge in [-0.3, -0.25) is 4.79 Å². The Hall–Kier alpha value is -2.47. The molecule has 2 aromatic carbocycles. The fourth-order valence-electron chi connectivity index (χ4n) is 1.95. The lowest BCUT2D eigenvalue weighted by Crippen LogP contribution is -2.28. The zero-order valence-corrected chi connectivity index (χ0v) is 11.8. The quantitative estimate of drug-likeness (QED) is 0.892. The number of carbonyl (C=O) groups is 1. The van der Waals surface area contributed by atoms with E-state index in [0.29, 0.717) is 5.56 Å². The highest BCUT2D eigenvalue weighted by Gasteiger charge is 2.15. The summed E-state index contributed by atoms with van der Waals surface area (Å²) in [6.45, 7) is -0.0931. The number of methoxy groups -OCH3 is 1. The predicted molar refractivity (Wildman–Crippen MR) is 76.6 cm³/mol. The number of aliphatic hydroxyl groups excluding tert-OH is 1. The van der Waals surface area contributed by atoms with Crippen molar-refractivity contribution >= 4 is 5.91 Å². The van der Waals surface area contributed by atoms with Crippen molar-refractivity contribution in [1.82, 2.24) is 5.32 Å². The summed E-state index contributed by atoms with van der Waals surface area (Å²) < 4.78 is 31.0. The molecule has 0 aliphatic heterocycles. The highest BCUT2D eigenvalue weighted by atomic mass is 19.1. The summed E-state index contributed by atoms with van der Waals surface area (Å²) in [5.41, 5.74) is 0.502. The van der Waals surface area contributed by atoms with Gasteiger partial charge in [-0.25, -0.2) is 8.78 Å². The minimum absolute atomic E-state index is 0.0359. The molecule has 1 atom stereocenters. The number of amides is 1. The van der Waals surface area contributed by atoms with E-state index >= 15 is 0 Å². The summed E-state index contributed by atoms with van der Waals surface area (Å²) in [5.74, 6) is -1.32. The van der Waals surface area contributed by atoms with Crippen molar-refractivity contribution in [2.75, 3.05) is 13.7 Å².